The summed E-state index contributed by atoms with van der Waals surface area (Å²) in [7, 11) is -1.37. The Kier molecular flexibility index (Phi) is 6.78. The molecule has 0 spiro atoms. The number of carbonyl (C=O) groups excluding carboxylic acids is 1. The Labute approximate surface area is 171 Å². The Morgan fingerprint density at radius 3 is 2.72 bits per heavy atom. The third-order valence-electron chi connectivity index (χ3n) is 4.67. The summed E-state index contributed by atoms with van der Waals surface area (Å²) in [6.07, 6.45) is 7.45. The summed E-state index contributed by atoms with van der Waals surface area (Å²) in [6, 6.07) is 6.76. The minimum atomic E-state index is -3.22. The second kappa shape index (κ2) is 9.29. The molecule has 1 aliphatic rings. The maximum atomic E-state index is 11.6. The summed E-state index contributed by atoms with van der Waals surface area (Å²) < 4.78 is 23.2. The van der Waals surface area contributed by atoms with E-state index in [0.29, 0.717) is 12.4 Å². The van der Waals surface area contributed by atoms with Crippen molar-refractivity contribution in [1.82, 2.24) is 20.4 Å². The highest BCUT2D eigenvalue weighted by atomic mass is 32.2. The van der Waals surface area contributed by atoms with Crippen molar-refractivity contribution in [1.29, 1.82) is 0 Å². The quantitative estimate of drug-likeness (QED) is 0.483. The first-order chi connectivity index (χ1) is 13.8. The van der Waals surface area contributed by atoms with Crippen molar-refractivity contribution in [3.8, 4) is 0 Å². The second-order valence-corrected chi connectivity index (χ2v) is 9.16. The van der Waals surface area contributed by atoms with Gasteiger partial charge in [-0.2, -0.15) is 0 Å². The van der Waals surface area contributed by atoms with Crippen molar-refractivity contribution in [2.75, 3.05) is 43.2 Å². The predicted molar refractivity (Wildman–Crippen MR) is 112 cm³/mol. The molecule has 1 atom stereocenters. The molecule has 2 heterocycles. The maximum absolute atomic E-state index is 11.6. The molecule has 0 aliphatic carbocycles. The fourth-order valence-corrected chi connectivity index (χ4v) is 3.90. The molecule has 2 N–H and O–H groups in total. The third kappa shape index (κ3) is 5.96. The Morgan fingerprint density at radius 1 is 1.28 bits per heavy atom. The average molecular weight is 419 g/mol. The SMILES string of the molecule is CN(CC=O)N[C@@H]1CCCN(c2cncc(Nc3ccc(S(C)(=O)=O)cc3)n2)C1. The van der Waals surface area contributed by atoms with E-state index in [1.165, 1.54) is 6.26 Å². The second-order valence-electron chi connectivity index (χ2n) is 7.15. The number of likely N-dealkylation sites (N-methyl/N-ethyl adjacent to an activating group) is 1. The number of nitrogens with one attached hydrogen (secondary N) is 2. The first-order valence-electron chi connectivity index (χ1n) is 9.40. The van der Waals surface area contributed by atoms with Crippen LogP contribution in [0.1, 0.15) is 12.8 Å². The summed E-state index contributed by atoms with van der Waals surface area (Å²) in [6.45, 7) is 2.00. The van der Waals surface area contributed by atoms with Crippen LogP contribution < -0.4 is 15.6 Å². The van der Waals surface area contributed by atoms with Crippen molar-refractivity contribution in [3.63, 3.8) is 0 Å². The first-order valence-corrected chi connectivity index (χ1v) is 11.3. The summed E-state index contributed by atoms with van der Waals surface area (Å²) in [5.74, 6) is 1.36. The van der Waals surface area contributed by atoms with Crippen LogP contribution in [0.15, 0.2) is 41.6 Å². The highest BCUT2D eigenvalue weighted by Crippen LogP contribution is 2.21. The van der Waals surface area contributed by atoms with Crippen molar-refractivity contribution in [2.45, 2.75) is 23.8 Å². The number of hydrazine groups is 1. The van der Waals surface area contributed by atoms with Gasteiger partial charge in [-0.3, -0.25) is 10.4 Å². The molecule has 29 heavy (non-hydrogen) atoms. The van der Waals surface area contributed by atoms with Gasteiger partial charge in [0.25, 0.3) is 0 Å². The van der Waals surface area contributed by atoms with Crippen molar-refractivity contribution in [2.24, 2.45) is 0 Å². The smallest absolute Gasteiger partial charge is 0.175 e. The average Bonchev–Trinajstić information content (AvgIpc) is 2.68. The molecular weight excluding hydrogens is 392 g/mol. The topological polar surface area (TPSA) is 108 Å². The molecule has 1 aromatic carbocycles. The van der Waals surface area contributed by atoms with Gasteiger partial charge in [-0.05, 0) is 37.1 Å². The number of hydrogen-bond donors (Lipinski definition) is 2. The van der Waals surface area contributed by atoms with Crippen LogP contribution in [-0.4, -0.2) is 68.7 Å². The zero-order valence-electron chi connectivity index (χ0n) is 16.6. The Bertz CT molecular complexity index is 935. The number of aldehydes is 1. The molecule has 1 saturated heterocycles. The van der Waals surface area contributed by atoms with E-state index in [0.717, 1.165) is 43.7 Å². The van der Waals surface area contributed by atoms with Crippen molar-refractivity contribution in [3.05, 3.63) is 36.7 Å². The van der Waals surface area contributed by atoms with E-state index in [9.17, 15) is 13.2 Å². The first kappa shape index (κ1) is 21.2. The number of anilines is 3. The Morgan fingerprint density at radius 2 is 2.03 bits per heavy atom. The maximum Gasteiger partial charge on any atom is 0.175 e. The molecule has 0 bridgehead atoms. The van der Waals surface area contributed by atoms with E-state index in [2.05, 4.69) is 25.6 Å². The van der Waals surface area contributed by atoms with Crippen LogP contribution in [0.4, 0.5) is 17.3 Å². The predicted octanol–water partition coefficient (Wildman–Crippen LogP) is 1.23. The van der Waals surface area contributed by atoms with E-state index >= 15 is 0 Å². The summed E-state index contributed by atoms with van der Waals surface area (Å²) in [4.78, 5) is 22.0. The van der Waals surface area contributed by atoms with E-state index in [-0.39, 0.29) is 10.9 Å². The van der Waals surface area contributed by atoms with Crippen LogP contribution in [-0.2, 0) is 14.6 Å². The highest BCUT2D eigenvalue weighted by molar-refractivity contribution is 7.90. The van der Waals surface area contributed by atoms with E-state index in [4.69, 9.17) is 0 Å². The molecule has 1 aromatic heterocycles. The van der Waals surface area contributed by atoms with E-state index in [1.807, 2.05) is 7.05 Å². The molecule has 1 aliphatic heterocycles. The van der Waals surface area contributed by atoms with Gasteiger partial charge in [0.1, 0.15) is 12.1 Å². The van der Waals surface area contributed by atoms with E-state index in [1.54, 1.807) is 41.7 Å². The molecule has 2 aromatic rings. The Balaban J connectivity index is 1.66. The van der Waals surface area contributed by atoms with Gasteiger partial charge in [-0.15, -0.1) is 0 Å². The fourth-order valence-electron chi connectivity index (χ4n) is 3.27. The number of piperidine rings is 1. The van der Waals surface area contributed by atoms with Gasteiger partial charge in [0.2, 0.25) is 0 Å². The van der Waals surface area contributed by atoms with E-state index < -0.39 is 9.84 Å². The fraction of sp³-hybridized carbons (Fsp3) is 0.421. The number of hydrogen-bond acceptors (Lipinski definition) is 9. The number of rotatable bonds is 8. The third-order valence-corrected chi connectivity index (χ3v) is 5.80. The van der Waals surface area contributed by atoms with Gasteiger partial charge in [-0.25, -0.2) is 18.4 Å². The lowest BCUT2D eigenvalue weighted by Gasteiger charge is -2.35. The molecule has 3 rings (SSSR count). The van der Waals surface area contributed by atoms with Crippen molar-refractivity contribution < 1.29 is 13.2 Å². The minimum Gasteiger partial charge on any atom is -0.354 e. The standard InChI is InChI=1S/C19H26N6O3S/c1-24(10-11-26)23-16-4-3-9-25(14-16)19-13-20-12-18(22-19)21-15-5-7-17(8-6-15)29(2,27)28/h5-8,11-13,16,23H,3-4,9-10,14H2,1-2H3,(H,21,22)/t16-/m1/s1. The van der Waals surface area contributed by atoms with Gasteiger partial charge >= 0.3 is 0 Å². The summed E-state index contributed by atoms with van der Waals surface area (Å²) in [5.41, 5.74) is 4.07. The highest BCUT2D eigenvalue weighted by Gasteiger charge is 2.22. The number of carbonyl (C=O) groups is 1. The largest absolute Gasteiger partial charge is 0.354 e. The molecule has 0 saturated carbocycles. The summed E-state index contributed by atoms with van der Waals surface area (Å²) >= 11 is 0. The number of nitrogens with zero attached hydrogens (tertiary/aromatic N) is 4. The molecule has 156 valence electrons. The van der Waals surface area contributed by atoms with Gasteiger partial charge in [0.05, 0.1) is 23.8 Å². The molecule has 9 nitrogen and oxygen atoms in total. The van der Waals surface area contributed by atoms with Crippen LogP contribution >= 0.6 is 0 Å². The van der Waals surface area contributed by atoms with Crippen LogP contribution in [0.3, 0.4) is 0 Å². The molecule has 0 unspecified atom stereocenters. The van der Waals surface area contributed by atoms with Crippen LogP contribution in [0.25, 0.3) is 0 Å². The number of sulfone groups is 1. The Hall–Kier alpha value is -2.56. The number of benzene rings is 1. The lowest BCUT2D eigenvalue weighted by Crippen LogP contribution is -2.51. The molecule has 1 fully saturated rings. The molecule has 0 amide bonds. The number of aromatic nitrogens is 2. The van der Waals surface area contributed by atoms with Crippen molar-refractivity contribution >= 4 is 33.4 Å². The van der Waals surface area contributed by atoms with Crippen LogP contribution in [0, 0.1) is 0 Å². The van der Waals surface area contributed by atoms with Crippen LogP contribution in [0.2, 0.25) is 0 Å². The lowest BCUT2D eigenvalue weighted by molar-refractivity contribution is -0.109. The normalized spacial score (nSPS) is 17.3. The van der Waals surface area contributed by atoms with Crippen LogP contribution in [0.5, 0.6) is 0 Å². The van der Waals surface area contributed by atoms with Gasteiger partial charge in [-0.1, -0.05) is 0 Å². The van der Waals surface area contributed by atoms with Gasteiger partial charge < -0.3 is 15.0 Å². The minimum absolute atomic E-state index is 0.232. The summed E-state index contributed by atoms with van der Waals surface area (Å²) in [5, 5.41) is 4.96. The zero-order chi connectivity index (χ0) is 20.9. The van der Waals surface area contributed by atoms with Gasteiger partial charge in [0, 0.05) is 38.1 Å². The molecule has 10 heteroatoms. The lowest BCUT2D eigenvalue weighted by atomic mass is 10.1. The molecular formula is C19H26N6O3S. The molecule has 0 radical (unpaired) electrons. The van der Waals surface area contributed by atoms with Gasteiger partial charge in [0.15, 0.2) is 15.7 Å². The zero-order valence-corrected chi connectivity index (χ0v) is 17.4. The monoisotopic (exact) mass is 418 g/mol.